The van der Waals surface area contributed by atoms with Gasteiger partial charge in [-0.1, -0.05) is 6.07 Å². The van der Waals surface area contributed by atoms with Crippen molar-refractivity contribution in [2.24, 2.45) is 4.99 Å². The van der Waals surface area contributed by atoms with Gasteiger partial charge in [0.1, 0.15) is 22.7 Å². The zero-order valence-corrected chi connectivity index (χ0v) is 19.3. The van der Waals surface area contributed by atoms with E-state index in [2.05, 4.69) is 10.3 Å². The van der Waals surface area contributed by atoms with Crippen LogP contribution in [0, 0.1) is 11.6 Å². The van der Waals surface area contributed by atoms with Gasteiger partial charge in [0.2, 0.25) is 5.96 Å². The fourth-order valence-electron chi connectivity index (χ4n) is 4.68. The number of hydrogen-bond acceptors (Lipinski definition) is 7. The molecule has 0 spiro atoms. The molecule has 35 heavy (non-hydrogen) atoms. The topological polar surface area (TPSA) is 92.7 Å². The van der Waals surface area contributed by atoms with E-state index >= 15 is 0 Å². The average Bonchev–Trinajstić information content (AvgIpc) is 3.51. The molecular formula is C24H21F2N7O2. The van der Waals surface area contributed by atoms with E-state index in [9.17, 15) is 13.6 Å². The lowest BCUT2D eigenvalue weighted by Crippen LogP contribution is -2.51. The molecule has 0 fully saturated rings. The Morgan fingerprint density at radius 3 is 2.63 bits per heavy atom. The van der Waals surface area contributed by atoms with Gasteiger partial charge in [0.05, 0.1) is 18.6 Å². The predicted octanol–water partition coefficient (Wildman–Crippen LogP) is 3.84. The number of imidazole rings is 1. The van der Waals surface area contributed by atoms with E-state index in [1.165, 1.54) is 6.07 Å². The summed E-state index contributed by atoms with van der Waals surface area (Å²) < 4.78 is 34.4. The average molecular weight is 477 g/mol. The zero-order chi connectivity index (χ0) is 24.5. The molecule has 0 saturated carbocycles. The number of aliphatic imine (C=N–C) groups is 1. The van der Waals surface area contributed by atoms with Gasteiger partial charge in [-0.3, -0.25) is 14.6 Å². The number of carbonyl (C=O) groups is 1. The maximum atomic E-state index is 14.1. The molecule has 6 rings (SSSR count). The first-order valence-corrected chi connectivity index (χ1v) is 11.2. The summed E-state index contributed by atoms with van der Waals surface area (Å²) in [4.78, 5) is 26.7. The third kappa shape index (κ3) is 3.29. The van der Waals surface area contributed by atoms with E-state index in [1.54, 1.807) is 17.0 Å². The van der Waals surface area contributed by atoms with E-state index in [0.717, 1.165) is 12.1 Å². The first-order valence-electron chi connectivity index (χ1n) is 11.2. The normalized spacial score (nSPS) is 16.6. The van der Waals surface area contributed by atoms with Crippen molar-refractivity contribution in [3.63, 3.8) is 0 Å². The molecule has 11 heteroatoms. The van der Waals surface area contributed by atoms with Gasteiger partial charge in [0, 0.05) is 12.1 Å². The summed E-state index contributed by atoms with van der Waals surface area (Å²) in [5.41, 5.74) is 2.18. The quantitative estimate of drug-likeness (QED) is 0.444. The molecule has 1 amide bonds. The van der Waals surface area contributed by atoms with Crippen molar-refractivity contribution in [2.75, 3.05) is 18.0 Å². The number of rotatable bonds is 4. The highest BCUT2D eigenvalue weighted by Crippen LogP contribution is 2.39. The Kier molecular flexibility index (Phi) is 4.54. The number of guanidine groups is 1. The number of fused-ring (bicyclic) bond motifs is 4. The van der Waals surface area contributed by atoms with Gasteiger partial charge in [0.15, 0.2) is 17.3 Å². The van der Waals surface area contributed by atoms with Gasteiger partial charge in [-0.15, -0.1) is 0 Å². The zero-order valence-electron chi connectivity index (χ0n) is 19.3. The maximum Gasteiger partial charge on any atom is 0.283 e. The molecule has 178 valence electrons. The summed E-state index contributed by atoms with van der Waals surface area (Å²) in [6.45, 7) is 7.02. The predicted molar refractivity (Wildman–Crippen MR) is 124 cm³/mol. The van der Waals surface area contributed by atoms with Crippen molar-refractivity contribution in [1.29, 1.82) is 0 Å². The van der Waals surface area contributed by atoms with Crippen LogP contribution < -0.4 is 4.90 Å². The third-order valence-corrected chi connectivity index (χ3v) is 6.23. The van der Waals surface area contributed by atoms with Crippen LogP contribution in [0.5, 0.6) is 0 Å². The minimum Gasteiger partial charge on any atom is -0.305 e. The molecule has 0 saturated heterocycles. The second-order valence-electron chi connectivity index (χ2n) is 9.27. The molecule has 0 unspecified atom stereocenters. The van der Waals surface area contributed by atoms with Gasteiger partial charge >= 0.3 is 0 Å². The van der Waals surface area contributed by atoms with Crippen molar-refractivity contribution in [3.8, 4) is 11.4 Å². The van der Waals surface area contributed by atoms with Crippen molar-refractivity contribution in [3.05, 3.63) is 59.3 Å². The number of hydrogen-bond donors (Lipinski definition) is 0. The van der Waals surface area contributed by atoms with Gasteiger partial charge in [0.25, 0.3) is 5.91 Å². The van der Waals surface area contributed by atoms with E-state index in [-0.39, 0.29) is 18.1 Å². The summed E-state index contributed by atoms with van der Waals surface area (Å²) in [5.74, 6) is -0.503. The van der Waals surface area contributed by atoms with Crippen molar-refractivity contribution in [2.45, 2.75) is 32.9 Å². The van der Waals surface area contributed by atoms with E-state index < -0.39 is 17.2 Å². The Morgan fingerprint density at radius 1 is 1.06 bits per heavy atom. The largest absolute Gasteiger partial charge is 0.305 e. The van der Waals surface area contributed by atoms with Gasteiger partial charge < -0.3 is 4.57 Å². The molecule has 0 bridgehead atoms. The van der Waals surface area contributed by atoms with Crippen LogP contribution in [0.15, 0.2) is 46.0 Å². The fourth-order valence-corrected chi connectivity index (χ4v) is 4.68. The van der Waals surface area contributed by atoms with Gasteiger partial charge in [-0.2, -0.15) is 0 Å². The monoisotopic (exact) mass is 477 g/mol. The number of amides is 1. The molecule has 0 radical (unpaired) electrons. The lowest BCUT2D eigenvalue weighted by molar-refractivity contribution is 0.0841. The van der Waals surface area contributed by atoms with E-state index in [4.69, 9.17) is 14.6 Å². The van der Waals surface area contributed by atoms with Crippen LogP contribution in [0.1, 0.15) is 36.8 Å². The second kappa shape index (κ2) is 7.42. The van der Waals surface area contributed by atoms with Crippen molar-refractivity contribution in [1.82, 2.24) is 24.8 Å². The molecule has 2 aliphatic rings. The van der Waals surface area contributed by atoms with Crippen LogP contribution >= 0.6 is 0 Å². The van der Waals surface area contributed by atoms with Gasteiger partial charge in [-0.25, -0.2) is 23.4 Å². The summed E-state index contributed by atoms with van der Waals surface area (Å²) in [6, 6.07) is 9.10. The second-order valence-corrected chi connectivity index (χ2v) is 9.27. The Morgan fingerprint density at radius 2 is 1.86 bits per heavy atom. The number of anilines is 1. The van der Waals surface area contributed by atoms with Crippen LogP contribution in [0.2, 0.25) is 0 Å². The summed E-state index contributed by atoms with van der Waals surface area (Å²) in [7, 11) is 0. The fraction of sp³-hybridized carbons (Fsp3) is 0.292. The summed E-state index contributed by atoms with van der Waals surface area (Å²) >= 11 is 0. The van der Waals surface area contributed by atoms with Crippen LogP contribution in [0.25, 0.3) is 22.4 Å². The van der Waals surface area contributed by atoms with E-state index in [1.807, 2.05) is 36.3 Å². The molecule has 2 aromatic heterocycles. The highest BCUT2D eigenvalue weighted by atomic mass is 19.2. The Bertz CT molecular complexity index is 1540. The lowest BCUT2D eigenvalue weighted by atomic mass is 10.1. The third-order valence-electron chi connectivity index (χ3n) is 6.23. The molecule has 0 N–H and O–H groups in total. The van der Waals surface area contributed by atoms with Crippen LogP contribution in [-0.2, 0) is 6.54 Å². The first kappa shape index (κ1) is 21.4. The smallest absolute Gasteiger partial charge is 0.283 e. The molecule has 2 aromatic carbocycles. The number of carbonyl (C=O) groups excluding carboxylic acids is 1. The molecular weight excluding hydrogens is 456 g/mol. The van der Waals surface area contributed by atoms with Crippen molar-refractivity contribution < 1.29 is 18.2 Å². The maximum absolute atomic E-state index is 14.1. The molecule has 0 aliphatic carbocycles. The Balaban J connectivity index is 1.58. The summed E-state index contributed by atoms with van der Waals surface area (Å²) in [6.07, 6.45) is 0. The molecule has 2 aliphatic heterocycles. The van der Waals surface area contributed by atoms with Crippen molar-refractivity contribution >= 4 is 28.7 Å². The summed E-state index contributed by atoms with van der Waals surface area (Å²) in [5, 5.41) is 7.76. The highest BCUT2D eigenvalue weighted by Gasteiger charge is 2.45. The number of benzene rings is 2. The number of nitrogens with zero attached hydrogens (tertiary/aromatic N) is 7. The number of halogens is 2. The molecule has 9 nitrogen and oxygen atoms in total. The number of aromatic nitrogens is 4. The standard InChI is InChI=1S/C24H21F2N7O2/c1-4-31-22(34)19-21(33-12-24(2,3)28-23(31)33)32(11-13-5-7-15(25)16(26)9-13)20(27-19)14-6-8-17-18(10-14)30-35-29-17/h5-10H,4,11-12H2,1-3H3. The molecule has 4 heterocycles. The minimum atomic E-state index is -0.939. The van der Waals surface area contributed by atoms with Gasteiger partial charge in [-0.05, 0) is 67.0 Å². The minimum absolute atomic E-state index is 0.160. The molecule has 0 atom stereocenters. The van der Waals surface area contributed by atoms with Crippen LogP contribution in [0.4, 0.5) is 14.6 Å². The SMILES string of the molecule is CCN1C(=O)c2nc(-c3ccc4nonc4c3)n(Cc3ccc(F)c(F)c3)c2N2CC(C)(C)N=C12. The van der Waals surface area contributed by atoms with Crippen LogP contribution in [-0.4, -0.2) is 55.3 Å². The Labute approximate surface area is 198 Å². The van der Waals surface area contributed by atoms with Crippen LogP contribution in [0.3, 0.4) is 0 Å². The Hall–Kier alpha value is -4.15. The lowest BCUT2D eigenvalue weighted by Gasteiger charge is -2.34. The van der Waals surface area contributed by atoms with E-state index in [0.29, 0.717) is 52.9 Å². The molecule has 4 aromatic rings. The highest BCUT2D eigenvalue weighted by molar-refractivity contribution is 6.18. The first-order chi connectivity index (χ1) is 16.8.